The van der Waals surface area contributed by atoms with E-state index in [1.54, 1.807) is 18.2 Å². The lowest BCUT2D eigenvalue weighted by atomic mass is 10.0. The number of amides is 2. The number of carbonyl (C=O) groups excluding carboxylic acids is 2. The summed E-state index contributed by atoms with van der Waals surface area (Å²) in [6.45, 7) is 1.31. The van der Waals surface area contributed by atoms with Gasteiger partial charge in [0.15, 0.2) is 0 Å². The van der Waals surface area contributed by atoms with Crippen LogP contribution in [0.4, 0.5) is 0 Å². The third-order valence-corrected chi connectivity index (χ3v) is 4.99. The van der Waals surface area contributed by atoms with Crippen LogP contribution in [0.5, 0.6) is 0 Å². The summed E-state index contributed by atoms with van der Waals surface area (Å²) in [5, 5.41) is 3.06. The molecule has 134 valence electrons. The molecule has 0 aromatic heterocycles. The minimum absolute atomic E-state index is 0.0146. The Balaban J connectivity index is 1.48. The van der Waals surface area contributed by atoms with Gasteiger partial charge in [0.2, 0.25) is 5.91 Å². The lowest BCUT2D eigenvalue weighted by Crippen LogP contribution is -2.46. The highest BCUT2D eigenvalue weighted by atomic mass is 79.9. The minimum Gasteiger partial charge on any atom is -0.349 e. The molecule has 0 radical (unpaired) electrons. The van der Waals surface area contributed by atoms with E-state index in [2.05, 4.69) is 21.2 Å². The minimum atomic E-state index is -0.0505. The molecule has 0 saturated carbocycles. The first-order valence-corrected chi connectivity index (χ1v) is 9.49. The summed E-state index contributed by atoms with van der Waals surface area (Å²) in [6.07, 6.45) is 5.00. The van der Waals surface area contributed by atoms with Gasteiger partial charge < -0.3 is 10.2 Å². The Labute approximate surface area is 162 Å². The second kappa shape index (κ2) is 8.81. The Bertz CT molecular complexity index is 779. The highest BCUT2D eigenvalue weighted by Gasteiger charge is 2.23. The fraction of sp³-hybridized carbons (Fsp3) is 0.238. The molecular weight excluding hydrogens is 392 g/mol. The van der Waals surface area contributed by atoms with Gasteiger partial charge in [-0.25, -0.2) is 0 Å². The average molecular weight is 413 g/mol. The van der Waals surface area contributed by atoms with Gasteiger partial charge in [-0.2, -0.15) is 0 Å². The number of likely N-dealkylation sites (tertiary alicyclic amines) is 1. The molecule has 26 heavy (non-hydrogen) atoms. The normalized spacial score (nSPS) is 15.2. The molecule has 0 unspecified atom stereocenters. The summed E-state index contributed by atoms with van der Waals surface area (Å²) >= 11 is 3.40. The van der Waals surface area contributed by atoms with Gasteiger partial charge in [0.05, 0.1) is 0 Å². The van der Waals surface area contributed by atoms with Crippen molar-refractivity contribution in [2.45, 2.75) is 18.9 Å². The van der Waals surface area contributed by atoms with Crippen molar-refractivity contribution in [3.63, 3.8) is 0 Å². The molecule has 1 saturated heterocycles. The largest absolute Gasteiger partial charge is 0.349 e. The fourth-order valence-electron chi connectivity index (χ4n) is 2.95. The topological polar surface area (TPSA) is 49.4 Å². The van der Waals surface area contributed by atoms with Crippen LogP contribution in [0.25, 0.3) is 6.08 Å². The van der Waals surface area contributed by atoms with Crippen molar-refractivity contribution in [3.05, 3.63) is 76.3 Å². The van der Waals surface area contributed by atoms with Crippen LogP contribution in [0.15, 0.2) is 65.1 Å². The Kier molecular flexibility index (Phi) is 6.23. The van der Waals surface area contributed by atoms with Crippen molar-refractivity contribution in [2.75, 3.05) is 13.1 Å². The number of nitrogens with one attached hydrogen (secondary N) is 1. The second-order valence-electron chi connectivity index (χ2n) is 6.32. The summed E-state index contributed by atoms with van der Waals surface area (Å²) in [6, 6.07) is 17.1. The van der Waals surface area contributed by atoms with E-state index >= 15 is 0 Å². The monoisotopic (exact) mass is 412 g/mol. The summed E-state index contributed by atoms with van der Waals surface area (Å²) in [7, 11) is 0. The molecule has 1 N–H and O–H groups in total. The summed E-state index contributed by atoms with van der Waals surface area (Å²) in [5.41, 5.74) is 1.66. The van der Waals surface area contributed by atoms with Crippen molar-refractivity contribution in [1.82, 2.24) is 10.2 Å². The highest BCUT2D eigenvalue weighted by molar-refractivity contribution is 9.10. The van der Waals surface area contributed by atoms with Crippen molar-refractivity contribution >= 4 is 33.8 Å². The van der Waals surface area contributed by atoms with Gasteiger partial charge in [-0.1, -0.05) is 46.3 Å². The van der Waals surface area contributed by atoms with Gasteiger partial charge in [-0.05, 0) is 48.7 Å². The van der Waals surface area contributed by atoms with Crippen LogP contribution < -0.4 is 5.32 Å². The molecule has 2 amide bonds. The Hall–Kier alpha value is -2.40. The number of hydrogen-bond donors (Lipinski definition) is 1. The van der Waals surface area contributed by atoms with Gasteiger partial charge in [0, 0.05) is 35.2 Å². The maximum atomic E-state index is 12.3. The summed E-state index contributed by atoms with van der Waals surface area (Å²) < 4.78 is 1.01. The zero-order valence-electron chi connectivity index (χ0n) is 14.4. The van der Waals surface area contributed by atoms with Crippen molar-refractivity contribution in [1.29, 1.82) is 0 Å². The Morgan fingerprint density at radius 3 is 2.31 bits per heavy atom. The Morgan fingerprint density at radius 1 is 1.00 bits per heavy atom. The van der Waals surface area contributed by atoms with Gasteiger partial charge in [-0.3, -0.25) is 9.59 Å². The van der Waals surface area contributed by atoms with Crippen LogP contribution in [0.1, 0.15) is 28.8 Å². The standard InChI is InChI=1S/C21H21BrN2O2/c22-18-9-6-16(7-10-18)8-11-20(25)24-14-12-19(13-15-24)23-21(26)17-4-2-1-3-5-17/h1-11,19H,12-15H2,(H,23,26)/b11-8+. The first-order chi connectivity index (χ1) is 12.6. The lowest BCUT2D eigenvalue weighted by molar-refractivity contribution is -0.126. The van der Waals surface area contributed by atoms with Crippen LogP contribution in [0, 0.1) is 0 Å². The molecule has 0 bridgehead atoms. The van der Waals surface area contributed by atoms with E-state index in [-0.39, 0.29) is 17.9 Å². The molecule has 1 heterocycles. The molecule has 1 fully saturated rings. The van der Waals surface area contributed by atoms with Crippen molar-refractivity contribution in [2.24, 2.45) is 0 Å². The van der Waals surface area contributed by atoms with Crippen LogP contribution in [0.2, 0.25) is 0 Å². The quantitative estimate of drug-likeness (QED) is 0.774. The number of carbonyl (C=O) groups is 2. The van der Waals surface area contributed by atoms with Gasteiger partial charge in [-0.15, -0.1) is 0 Å². The molecule has 0 spiro atoms. The molecule has 0 atom stereocenters. The number of benzene rings is 2. The van der Waals surface area contributed by atoms with E-state index in [9.17, 15) is 9.59 Å². The SMILES string of the molecule is O=C(NC1CCN(C(=O)/C=C/c2ccc(Br)cc2)CC1)c1ccccc1. The predicted molar refractivity (Wildman–Crippen MR) is 107 cm³/mol. The van der Waals surface area contributed by atoms with Crippen LogP contribution >= 0.6 is 15.9 Å². The van der Waals surface area contributed by atoms with E-state index < -0.39 is 0 Å². The van der Waals surface area contributed by atoms with Gasteiger partial charge >= 0.3 is 0 Å². The van der Waals surface area contributed by atoms with Crippen LogP contribution in [-0.4, -0.2) is 35.8 Å². The first-order valence-electron chi connectivity index (χ1n) is 8.70. The third kappa shape index (κ3) is 5.05. The van der Waals surface area contributed by atoms with Crippen LogP contribution in [-0.2, 0) is 4.79 Å². The van der Waals surface area contributed by atoms with E-state index in [1.165, 1.54) is 0 Å². The Morgan fingerprint density at radius 2 is 1.65 bits per heavy atom. The van der Waals surface area contributed by atoms with Gasteiger partial charge in [0.25, 0.3) is 5.91 Å². The van der Waals surface area contributed by atoms with E-state index in [1.807, 2.05) is 53.4 Å². The smallest absolute Gasteiger partial charge is 0.251 e. The summed E-state index contributed by atoms with van der Waals surface area (Å²) in [4.78, 5) is 26.4. The zero-order valence-corrected chi connectivity index (χ0v) is 16.0. The molecule has 4 nitrogen and oxygen atoms in total. The lowest BCUT2D eigenvalue weighted by Gasteiger charge is -2.31. The van der Waals surface area contributed by atoms with E-state index in [0.29, 0.717) is 18.7 Å². The molecule has 2 aromatic carbocycles. The van der Waals surface area contributed by atoms with E-state index in [4.69, 9.17) is 0 Å². The number of piperidine rings is 1. The molecule has 0 aliphatic carbocycles. The fourth-order valence-corrected chi connectivity index (χ4v) is 3.21. The third-order valence-electron chi connectivity index (χ3n) is 4.47. The molecule has 1 aliphatic rings. The maximum Gasteiger partial charge on any atom is 0.251 e. The molecule has 5 heteroatoms. The second-order valence-corrected chi connectivity index (χ2v) is 7.24. The predicted octanol–water partition coefficient (Wildman–Crippen LogP) is 3.88. The molecule has 2 aromatic rings. The molecule has 1 aliphatic heterocycles. The average Bonchev–Trinajstić information content (AvgIpc) is 2.68. The number of halogens is 1. The highest BCUT2D eigenvalue weighted by Crippen LogP contribution is 2.14. The van der Waals surface area contributed by atoms with Crippen molar-refractivity contribution in [3.8, 4) is 0 Å². The van der Waals surface area contributed by atoms with Gasteiger partial charge in [0.1, 0.15) is 0 Å². The van der Waals surface area contributed by atoms with E-state index in [0.717, 1.165) is 22.9 Å². The molecular formula is C21H21BrN2O2. The summed E-state index contributed by atoms with van der Waals surface area (Å²) in [5.74, 6) is -0.0359. The molecule has 3 rings (SSSR count). The number of hydrogen-bond acceptors (Lipinski definition) is 2. The first kappa shape index (κ1) is 18.4. The van der Waals surface area contributed by atoms with Crippen LogP contribution in [0.3, 0.4) is 0 Å². The number of rotatable bonds is 4. The maximum absolute atomic E-state index is 12.3. The zero-order chi connectivity index (χ0) is 18.4. The number of nitrogens with zero attached hydrogens (tertiary/aromatic N) is 1. The van der Waals surface area contributed by atoms with Crippen molar-refractivity contribution < 1.29 is 9.59 Å².